The molecule has 0 aliphatic heterocycles. The predicted molar refractivity (Wildman–Crippen MR) is 151 cm³/mol. The van der Waals surface area contributed by atoms with Gasteiger partial charge in [0.2, 0.25) is 0 Å². The third kappa shape index (κ3) is 7.33. The molecule has 5 heteroatoms. The molecule has 0 heterocycles. The summed E-state index contributed by atoms with van der Waals surface area (Å²) in [6.45, 7) is 6.15. The minimum Gasteiger partial charge on any atom is -0.493 e. The van der Waals surface area contributed by atoms with Crippen LogP contribution in [0.15, 0.2) is 67.3 Å². The van der Waals surface area contributed by atoms with Crippen LogP contribution in [0.3, 0.4) is 0 Å². The summed E-state index contributed by atoms with van der Waals surface area (Å²) in [5, 5.41) is 10.2. The van der Waals surface area contributed by atoms with Gasteiger partial charge >= 0.3 is 0 Å². The van der Waals surface area contributed by atoms with E-state index in [0.29, 0.717) is 48.7 Å². The van der Waals surface area contributed by atoms with Crippen molar-refractivity contribution in [1.29, 1.82) is 0 Å². The quantitative estimate of drug-likeness (QED) is 0.184. The average molecular weight is 537 g/mol. The average Bonchev–Trinajstić information content (AvgIpc) is 2.95. The van der Waals surface area contributed by atoms with E-state index in [1.807, 2.05) is 19.1 Å². The number of ether oxygens (including phenoxy) is 1. The first-order valence-electron chi connectivity index (χ1n) is 14.2. The molecule has 0 aromatic heterocycles. The standard InChI is InChI=1S/C34H39F3O2/c1-3-5-21-39-28-18-20-29(31(35)22-28)24-10-7-23(8-11-24)9-12-27-17-19-30(34(37)33(27)36)25-13-15-26(16-14-25)32(38)6-4-2/h3,13-20,22-24,32,38H,1,4-12,21H2,2H3. The highest BCUT2D eigenvalue weighted by Crippen LogP contribution is 2.39. The van der Waals surface area contributed by atoms with Crippen LogP contribution in [0.25, 0.3) is 11.1 Å². The summed E-state index contributed by atoms with van der Waals surface area (Å²) in [6, 6.07) is 15.5. The lowest BCUT2D eigenvalue weighted by Gasteiger charge is -2.29. The maximum Gasteiger partial charge on any atom is 0.166 e. The highest BCUT2D eigenvalue weighted by Gasteiger charge is 2.25. The Balaban J connectivity index is 1.31. The van der Waals surface area contributed by atoms with E-state index >= 15 is 4.39 Å². The molecule has 1 unspecified atom stereocenters. The van der Waals surface area contributed by atoms with Crippen LogP contribution in [0.4, 0.5) is 13.2 Å². The number of halogens is 3. The lowest BCUT2D eigenvalue weighted by molar-refractivity contribution is 0.166. The van der Waals surface area contributed by atoms with Crippen LogP contribution in [0, 0.1) is 23.4 Å². The molecule has 0 radical (unpaired) electrons. The Labute approximate surface area is 230 Å². The monoisotopic (exact) mass is 536 g/mol. The highest BCUT2D eigenvalue weighted by molar-refractivity contribution is 5.65. The van der Waals surface area contributed by atoms with Crippen molar-refractivity contribution in [3.8, 4) is 16.9 Å². The number of rotatable bonds is 12. The third-order valence-corrected chi connectivity index (χ3v) is 8.00. The summed E-state index contributed by atoms with van der Waals surface area (Å²) in [5.41, 5.74) is 2.73. The first-order chi connectivity index (χ1) is 18.9. The molecule has 0 amide bonds. The zero-order valence-electron chi connectivity index (χ0n) is 22.8. The van der Waals surface area contributed by atoms with Gasteiger partial charge in [-0.05, 0) is 91.5 Å². The van der Waals surface area contributed by atoms with Crippen molar-refractivity contribution >= 4 is 0 Å². The second kappa shape index (κ2) is 13.8. The van der Waals surface area contributed by atoms with Crippen molar-refractivity contribution in [2.24, 2.45) is 5.92 Å². The summed E-state index contributed by atoms with van der Waals surface area (Å²) < 4.78 is 50.3. The van der Waals surface area contributed by atoms with Gasteiger partial charge < -0.3 is 9.84 Å². The fourth-order valence-corrected chi connectivity index (χ4v) is 5.64. The molecule has 3 aromatic rings. The van der Waals surface area contributed by atoms with Crippen molar-refractivity contribution in [2.45, 2.75) is 76.7 Å². The van der Waals surface area contributed by atoms with Crippen molar-refractivity contribution in [2.75, 3.05) is 6.61 Å². The number of benzene rings is 3. The molecular weight excluding hydrogens is 497 g/mol. The Bertz CT molecular complexity index is 1230. The second-order valence-electron chi connectivity index (χ2n) is 10.7. The number of hydrogen-bond donors (Lipinski definition) is 1. The lowest BCUT2D eigenvalue weighted by Crippen LogP contribution is -2.15. The maximum absolute atomic E-state index is 15.0. The molecule has 1 aliphatic rings. The zero-order chi connectivity index (χ0) is 27.8. The van der Waals surface area contributed by atoms with E-state index < -0.39 is 17.7 Å². The van der Waals surface area contributed by atoms with Gasteiger partial charge in [-0.2, -0.15) is 0 Å². The Hall–Kier alpha value is -3.05. The third-order valence-electron chi connectivity index (χ3n) is 8.00. The van der Waals surface area contributed by atoms with Crippen molar-refractivity contribution < 1.29 is 23.0 Å². The van der Waals surface area contributed by atoms with Crippen LogP contribution < -0.4 is 4.74 Å². The van der Waals surface area contributed by atoms with Crippen LogP contribution in [0.5, 0.6) is 5.75 Å². The minimum absolute atomic E-state index is 0.173. The van der Waals surface area contributed by atoms with Crippen LogP contribution in [-0.4, -0.2) is 11.7 Å². The van der Waals surface area contributed by atoms with Gasteiger partial charge in [-0.3, -0.25) is 0 Å². The molecule has 4 rings (SSSR count). The van der Waals surface area contributed by atoms with Crippen molar-refractivity contribution in [3.05, 3.63) is 101 Å². The minimum atomic E-state index is -0.828. The molecule has 1 saturated carbocycles. The SMILES string of the molecule is C=CCCOc1ccc(C2CCC(CCc3ccc(-c4ccc(C(O)CCC)cc4)c(F)c3F)CC2)c(F)c1. The molecule has 1 N–H and O–H groups in total. The van der Waals surface area contributed by atoms with E-state index in [0.717, 1.165) is 49.7 Å². The Morgan fingerprint density at radius 1 is 0.974 bits per heavy atom. The van der Waals surface area contributed by atoms with Crippen molar-refractivity contribution in [1.82, 2.24) is 0 Å². The van der Waals surface area contributed by atoms with Gasteiger partial charge in [0.15, 0.2) is 11.6 Å². The maximum atomic E-state index is 15.0. The van der Waals surface area contributed by atoms with Crippen LogP contribution in [0.2, 0.25) is 0 Å². The Morgan fingerprint density at radius 3 is 2.38 bits per heavy atom. The molecule has 2 nitrogen and oxygen atoms in total. The number of aryl methyl sites for hydroxylation is 1. The topological polar surface area (TPSA) is 29.5 Å². The Kier molecular flexibility index (Phi) is 10.3. The molecule has 1 fully saturated rings. The van der Waals surface area contributed by atoms with E-state index in [4.69, 9.17) is 4.74 Å². The van der Waals surface area contributed by atoms with Gasteiger partial charge in [0.05, 0.1) is 12.7 Å². The van der Waals surface area contributed by atoms with E-state index in [1.165, 1.54) is 6.07 Å². The molecule has 0 spiro atoms. The molecule has 1 aliphatic carbocycles. The van der Waals surface area contributed by atoms with Gasteiger partial charge in [-0.15, -0.1) is 6.58 Å². The predicted octanol–water partition coefficient (Wildman–Crippen LogP) is 9.47. The fraction of sp³-hybridized carbons (Fsp3) is 0.412. The Morgan fingerprint density at radius 2 is 1.72 bits per heavy atom. The van der Waals surface area contributed by atoms with Gasteiger partial charge in [0.1, 0.15) is 11.6 Å². The molecule has 1 atom stereocenters. The smallest absolute Gasteiger partial charge is 0.166 e. The molecule has 0 saturated heterocycles. The molecular formula is C34H39F3O2. The summed E-state index contributed by atoms with van der Waals surface area (Å²) >= 11 is 0. The fourth-order valence-electron chi connectivity index (χ4n) is 5.64. The zero-order valence-corrected chi connectivity index (χ0v) is 22.8. The van der Waals surface area contributed by atoms with Crippen molar-refractivity contribution in [3.63, 3.8) is 0 Å². The van der Waals surface area contributed by atoms with Gasteiger partial charge in [0, 0.05) is 11.6 Å². The van der Waals surface area contributed by atoms with Crippen LogP contribution in [-0.2, 0) is 6.42 Å². The number of aliphatic hydroxyl groups excluding tert-OH is 1. The van der Waals surface area contributed by atoms with Crippen LogP contribution >= 0.6 is 0 Å². The summed E-state index contributed by atoms with van der Waals surface area (Å²) in [4.78, 5) is 0. The first-order valence-corrected chi connectivity index (χ1v) is 14.2. The summed E-state index contributed by atoms with van der Waals surface area (Å²) in [6.07, 6.45) is 8.39. The van der Waals surface area contributed by atoms with E-state index in [9.17, 15) is 13.9 Å². The number of hydrogen-bond acceptors (Lipinski definition) is 2. The van der Waals surface area contributed by atoms with E-state index in [-0.39, 0.29) is 17.3 Å². The van der Waals surface area contributed by atoms with Gasteiger partial charge in [0.25, 0.3) is 0 Å². The lowest BCUT2D eigenvalue weighted by atomic mass is 9.76. The van der Waals surface area contributed by atoms with Crippen LogP contribution in [0.1, 0.15) is 87.0 Å². The molecule has 39 heavy (non-hydrogen) atoms. The molecule has 3 aromatic carbocycles. The summed E-state index contributed by atoms with van der Waals surface area (Å²) in [5.74, 6) is -0.713. The first kappa shape index (κ1) is 28.9. The second-order valence-corrected chi connectivity index (χ2v) is 10.7. The normalized spacial score (nSPS) is 18.1. The van der Waals surface area contributed by atoms with E-state index in [2.05, 4.69) is 6.58 Å². The molecule has 0 bridgehead atoms. The number of aliphatic hydroxyl groups is 1. The summed E-state index contributed by atoms with van der Waals surface area (Å²) in [7, 11) is 0. The van der Waals surface area contributed by atoms with Gasteiger partial charge in [-0.25, -0.2) is 13.2 Å². The molecule has 208 valence electrons. The highest BCUT2D eigenvalue weighted by atomic mass is 19.2. The largest absolute Gasteiger partial charge is 0.493 e. The van der Waals surface area contributed by atoms with E-state index in [1.54, 1.807) is 42.5 Å². The van der Waals surface area contributed by atoms with Gasteiger partial charge in [-0.1, -0.05) is 61.9 Å².